The van der Waals surface area contributed by atoms with Crippen LogP contribution >= 0.6 is 0 Å². The molecule has 0 saturated carbocycles. The molecule has 20 heavy (non-hydrogen) atoms. The van der Waals surface area contributed by atoms with Crippen molar-refractivity contribution in [1.29, 1.82) is 0 Å². The number of hydrogen-bond donors (Lipinski definition) is 2. The van der Waals surface area contributed by atoms with Gasteiger partial charge >= 0.3 is 0 Å². The highest BCUT2D eigenvalue weighted by Gasteiger charge is 2.45. The Morgan fingerprint density at radius 2 is 1.45 bits per heavy atom. The summed E-state index contributed by atoms with van der Waals surface area (Å²) in [5.74, 6) is -1.40. The second-order valence-corrected chi connectivity index (χ2v) is 4.35. The van der Waals surface area contributed by atoms with Crippen molar-refractivity contribution in [3.63, 3.8) is 0 Å². The maximum Gasteiger partial charge on any atom is 0.264 e. The summed E-state index contributed by atoms with van der Waals surface area (Å²) in [6.45, 7) is 0. The topological polar surface area (TPSA) is 66.4 Å². The van der Waals surface area contributed by atoms with E-state index in [-0.39, 0.29) is 11.1 Å². The van der Waals surface area contributed by atoms with E-state index in [1.54, 1.807) is 60.7 Å². The van der Waals surface area contributed by atoms with Crippen molar-refractivity contribution in [3.8, 4) is 0 Å². The lowest BCUT2D eigenvalue weighted by Gasteiger charge is -2.25. The number of nitrogens with one attached hydrogen (secondary N) is 1. The molecular formula is C16H15NO3. The zero-order valence-corrected chi connectivity index (χ0v) is 11.0. The summed E-state index contributed by atoms with van der Waals surface area (Å²) in [6.07, 6.45) is 0. The fourth-order valence-corrected chi connectivity index (χ4v) is 2.02. The molecule has 1 atom stereocenters. The molecule has 2 N–H and O–H groups in total. The number of carbonyl (C=O) groups excluding carboxylic acids is 2. The molecule has 2 aromatic rings. The third kappa shape index (κ3) is 2.33. The summed E-state index contributed by atoms with van der Waals surface area (Å²) in [6, 6.07) is 16.5. The first kappa shape index (κ1) is 14.0. The van der Waals surface area contributed by atoms with E-state index in [1.165, 1.54) is 7.05 Å². The van der Waals surface area contributed by atoms with Crippen LogP contribution in [0.2, 0.25) is 0 Å². The molecular weight excluding hydrogens is 254 g/mol. The van der Waals surface area contributed by atoms with E-state index in [4.69, 9.17) is 0 Å². The quantitative estimate of drug-likeness (QED) is 0.653. The van der Waals surface area contributed by atoms with Crippen LogP contribution in [-0.4, -0.2) is 23.8 Å². The van der Waals surface area contributed by atoms with Crippen molar-refractivity contribution in [2.75, 3.05) is 7.05 Å². The van der Waals surface area contributed by atoms with E-state index in [0.717, 1.165) is 0 Å². The fraction of sp³-hybridized carbons (Fsp3) is 0.125. The van der Waals surface area contributed by atoms with Gasteiger partial charge in [-0.25, -0.2) is 0 Å². The second kappa shape index (κ2) is 5.67. The number of benzene rings is 2. The Bertz CT molecular complexity index is 610. The van der Waals surface area contributed by atoms with E-state index < -0.39 is 17.3 Å². The van der Waals surface area contributed by atoms with Gasteiger partial charge in [0.2, 0.25) is 11.4 Å². The van der Waals surface area contributed by atoms with Crippen molar-refractivity contribution < 1.29 is 14.7 Å². The van der Waals surface area contributed by atoms with Gasteiger partial charge in [-0.1, -0.05) is 60.7 Å². The summed E-state index contributed by atoms with van der Waals surface area (Å²) in [5, 5.41) is 13.1. The fourth-order valence-electron chi connectivity index (χ4n) is 2.02. The minimum Gasteiger partial charge on any atom is -0.369 e. The van der Waals surface area contributed by atoms with Gasteiger partial charge in [-0.2, -0.15) is 0 Å². The Kier molecular flexibility index (Phi) is 3.96. The van der Waals surface area contributed by atoms with Crippen molar-refractivity contribution in [2.45, 2.75) is 5.60 Å². The Balaban J connectivity index is 2.54. The monoisotopic (exact) mass is 269 g/mol. The van der Waals surface area contributed by atoms with Gasteiger partial charge in [-0.3, -0.25) is 9.59 Å². The average molecular weight is 269 g/mol. The molecule has 0 heterocycles. The molecule has 0 radical (unpaired) electrons. The van der Waals surface area contributed by atoms with Crippen LogP contribution in [0, 0.1) is 0 Å². The number of ketones is 1. The predicted octanol–water partition coefficient (Wildman–Crippen LogP) is 1.50. The number of amides is 1. The number of aliphatic hydroxyl groups is 1. The van der Waals surface area contributed by atoms with Crippen LogP contribution in [0.15, 0.2) is 60.7 Å². The van der Waals surface area contributed by atoms with Crippen LogP contribution in [0.25, 0.3) is 0 Å². The van der Waals surface area contributed by atoms with Gasteiger partial charge in [0.05, 0.1) is 0 Å². The first-order valence-corrected chi connectivity index (χ1v) is 6.20. The van der Waals surface area contributed by atoms with Crippen molar-refractivity contribution in [2.24, 2.45) is 0 Å². The van der Waals surface area contributed by atoms with Gasteiger partial charge < -0.3 is 10.4 Å². The highest BCUT2D eigenvalue weighted by atomic mass is 16.3. The second-order valence-electron chi connectivity index (χ2n) is 4.35. The minimum absolute atomic E-state index is 0.244. The SMILES string of the molecule is CNC(=O)C(O)(C(=O)c1ccccc1)c1ccccc1. The molecule has 4 nitrogen and oxygen atoms in total. The highest BCUT2D eigenvalue weighted by molar-refractivity contribution is 6.16. The third-order valence-electron chi connectivity index (χ3n) is 3.11. The van der Waals surface area contributed by atoms with Crippen LogP contribution in [0.5, 0.6) is 0 Å². The van der Waals surface area contributed by atoms with Crippen LogP contribution in [0.1, 0.15) is 15.9 Å². The summed E-state index contributed by atoms with van der Waals surface area (Å²) in [4.78, 5) is 24.6. The molecule has 0 aliphatic carbocycles. The molecule has 102 valence electrons. The Labute approximate surface area is 117 Å². The summed E-state index contributed by atoms with van der Waals surface area (Å²) in [7, 11) is 1.38. The summed E-state index contributed by atoms with van der Waals surface area (Å²) >= 11 is 0. The Morgan fingerprint density at radius 1 is 0.950 bits per heavy atom. The number of likely N-dealkylation sites (N-methyl/N-ethyl adjacent to an activating group) is 1. The molecule has 0 spiro atoms. The predicted molar refractivity (Wildman–Crippen MR) is 75.2 cm³/mol. The smallest absolute Gasteiger partial charge is 0.264 e. The lowest BCUT2D eigenvalue weighted by molar-refractivity contribution is -0.135. The highest BCUT2D eigenvalue weighted by Crippen LogP contribution is 2.26. The molecule has 2 aromatic carbocycles. The van der Waals surface area contributed by atoms with Gasteiger partial charge in [-0.15, -0.1) is 0 Å². The van der Waals surface area contributed by atoms with E-state index in [0.29, 0.717) is 0 Å². The largest absolute Gasteiger partial charge is 0.369 e. The summed E-state index contributed by atoms with van der Waals surface area (Å²) in [5.41, 5.74) is -1.70. The minimum atomic E-state index is -2.22. The molecule has 0 aliphatic rings. The van der Waals surface area contributed by atoms with Gasteiger partial charge in [0.25, 0.3) is 5.91 Å². The molecule has 0 aromatic heterocycles. The molecule has 1 unspecified atom stereocenters. The first-order chi connectivity index (χ1) is 9.60. The Hall–Kier alpha value is -2.46. The van der Waals surface area contributed by atoms with Crippen LogP contribution < -0.4 is 5.32 Å². The van der Waals surface area contributed by atoms with Gasteiger partial charge in [0.15, 0.2) is 0 Å². The van der Waals surface area contributed by atoms with Crippen LogP contribution in [0.4, 0.5) is 0 Å². The number of Topliss-reactive ketones (excluding diaryl/α,β-unsaturated/α-hetero) is 1. The maximum absolute atomic E-state index is 12.6. The van der Waals surface area contributed by atoms with E-state index >= 15 is 0 Å². The lowest BCUT2D eigenvalue weighted by Crippen LogP contribution is -2.49. The van der Waals surface area contributed by atoms with Crippen LogP contribution in [0.3, 0.4) is 0 Å². The zero-order valence-electron chi connectivity index (χ0n) is 11.0. The molecule has 1 amide bonds. The van der Waals surface area contributed by atoms with Crippen molar-refractivity contribution in [3.05, 3.63) is 71.8 Å². The Morgan fingerprint density at radius 3 is 1.95 bits per heavy atom. The van der Waals surface area contributed by atoms with Crippen LogP contribution in [-0.2, 0) is 10.4 Å². The molecule has 0 aliphatic heterocycles. The standard InChI is InChI=1S/C16H15NO3/c1-17-15(19)16(20,13-10-6-3-7-11-13)14(18)12-8-4-2-5-9-12/h2-11,20H,1H3,(H,17,19). The van der Waals surface area contributed by atoms with E-state index in [2.05, 4.69) is 5.32 Å². The first-order valence-electron chi connectivity index (χ1n) is 6.20. The van der Waals surface area contributed by atoms with E-state index in [9.17, 15) is 14.7 Å². The average Bonchev–Trinajstić information content (AvgIpc) is 2.54. The number of rotatable bonds is 4. The molecule has 4 heteroatoms. The van der Waals surface area contributed by atoms with Gasteiger partial charge in [-0.05, 0) is 0 Å². The number of hydrogen-bond acceptors (Lipinski definition) is 3. The van der Waals surface area contributed by atoms with Gasteiger partial charge in [0.1, 0.15) is 0 Å². The molecule has 0 fully saturated rings. The zero-order chi connectivity index (χ0) is 14.6. The number of carbonyl (C=O) groups is 2. The van der Waals surface area contributed by atoms with E-state index in [1.807, 2.05) is 0 Å². The summed E-state index contributed by atoms with van der Waals surface area (Å²) < 4.78 is 0. The lowest BCUT2D eigenvalue weighted by atomic mass is 9.85. The van der Waals surface area contributed by atoms with Crippen molar-refractivity contribution in [1.82, 2.24) is 5.32 Å². The molecule has 0 saturated heterocycles. The molecule has 2 rings (SSSR count). The van der Waals surface area contributed by atoms with Crippen molar-refractivity contribution >= 4 is 11.7 Å². The maximum atomic E-state index is 12.6. The third-order valence-corrected chi connectivity index (χ3v) is 3.11. The normalized spacial score (nSPS) is 13.3. The van der Waals surface area contributed by atoms with Gasteiger partial charge in [0, 0.05) is 18.2 Å². The molecule has 0 bridgehead atoms.